The number of alkyl carbamates (subject to hydrolysis) is 1. The van der Waals surface area contributed by atoms with Crippen molar-refractivity contribution in [1.29, 1.82) is 0 Å². The Morgan fingerprint density at radius 1 is 0.969 bits per heavy atom. The average Bonchev–Trinajstić information content (AvgIpc) is 2.75. The molecule has 11 heteroatoms. The van der Waals surface area contributed by atoms with E-state index in [-0.39, 0.29) is 18.6 Å². The van der Waals surface area contributed by atoms with Gasteiger partial charge < -0.3 is 26.2 Å². The molecule has 0 fully saturated rings. The van der Waals surface area contributed by atoms with E-state index < -0.39 is 48.3 Å². The van der Waals surface area contributed by atoms with Crippen molar-refractivity contribution in [3.8, 4) is 0 Å². The third-order valence-electron chi connectivity index (χ3n) is 4.36. The van der Waals surface area contributed by atoms with E-state index in [1.165, 1.54) is 12.1 Å². The maximum absolute atomic E-state index is 12.9. The number of hydrogen-bond donors (Lipinski definition) is 4. The Morgan fingerprint density at radius 2 is 1.62 bits per heavy atom. The Balaban J connectivity index is 1.98. The molecule has 0 aliphatic heterocycles. The number of alkyl halides is 3. The smallest absolute Gasteiger partial charge is 0.416 e. The van der Waals surface area contributed by atoms with Gasteiger partial charge in [0, 0.05) is 6.42 Å². The normalized spacial score (nSPS) is 13.0. The third-order valence-corrected chi connectivity index (χ3v) is 4.36. The Hall–Kier alpha value is -3.60. The quantitative estimate of drug-likeness (QED) is 0.457. The van der Waals surface area contributed by atoms with Gasteiger partial charge in [-0.15, -0.1) is 0 Å². The maximum atomic E-state index is 12.9. The summed E-state index contributed by atoms with van der Waals surface area (Å²) in [6.07, 6.45) is -5.88. The first-order chi connectivity index (χ1) is 15.1. The highest BCUT2D eigenvalue weighted by Crippen LogP contribution is 2.29. The Morgan fingerprint density at radius 3 is 2.22 bits per heavy atom. The zero-order chi connectivity index (χ0) is 23.7. The predicted molar refractivity (Wildman–Crippen MR) is 107 cm³/mol. The fourth-order valence-electron chi connectivity index (χ4n) is 2.71. The van der Waals surface area contributed by atoms with Gasteiger partial charge in [0.1, 0.15) is 18.7 Å². The number of nitrogens with one attached hydrogen (secondary N) is 2. The van der Waals surface area contributed by atoms with Gasteiger partial charge in [0.15, 0.2) is 0 Å². The first-order valence-corrected chi connectivity index (χ1v) is 9.44. The van der Waals surface area contributed by atoms with Gasteiger partial charge in [-0.2, -0.15) is 13.2 Å². The van der Waals surface area contributed by atoms with E-state index in [2.05, 4.69) is 10.6 Å². The van der Waals surface area contributed by atoms with Gasteiger partial charge in [-0.25, -0.2) is 4.79 Å². The summed E-state index contributed by atoms with van der Waals surface area (Å²) >= 11 is 0. The molecule has 32 heavy (non-hydrogen) atoms. The van der Waals surface area contributed by atoms with Crippen LogP contribution in [0.2, 0.25) is 0 Å². The molecule has 2 rings (SSSR count). The lowest BCUT2D eigenvalue weighted by molar-refractivity contribution is -0.137. The molecule has 5 N–H and O–H groups in total. The van der Waals surface area contributed by atoms with Gasteiger partial charge >= 0.3 is 12.3 Å². The fourth-order valence-corrected chi connectivity index (χ4v) is 2.71. The molecule has 8 nitrogen and oxygen atoms in total. The lowest BCUT2D eigenvalue weighted by atomic mass is 10.0. The van der Waals surface area contributed by atoms with Crippen LogP contribution >= 0.6 is 0 Å². The molecule has 0 aromatic heterocycles. The van der Waals surface area contributed by atoms with Crippen LogP contribution in [0.25, 0.3) is 0 Å². The van der Waals surface area contributed by atoms with Crippen molar-refractivity contribution in [1.82, 2.24) is 10.6 Å². The number of halogens is 3. The second-order valence-corrected chi connectivity index (χ2v) is 6.81. The molecule has 0 heterocycles. The molecular weight excluding hydrogens is 431 g/mol. The Bertz CT molecular complexity index is 938. The average molecular weight is 453 g/mol. The van der Waals surface area contributed by atoms with Crippen LogP contribution in [0.4, 0.5) is 18.0 Å². The number of primary amides is 1. The summed E-state index contributed by atoms with van der Waals surface area (Å²) in [5.41, 5.74) is 5.15. The van der Waals surface area contributed by atoms with E-state index in [4.69, 9.17) is 10.5 Å². The topological polar surface area (TPSA) is 131 Å². The summed E-state index contributed by atoms with van der Waals surface area (Å²) in [7, 11) is 0. The Labute approximate surface area is 181 Å². The van der Waals surface area contributed by atoms with Crippen LogP contribution in [0.3, 0.4) is 0 Å². The first-order valence-electron chi connectivity index (χ1n) is 9.44. The Kier molecular flexibility index (Phi) is 8.59. The number of aliphatic hydroxyl groups excluding tert-OH is 1. The van der Waals surface area contributed by atoms with E-state index in [9.17, 15) is 32.7 Å². The number of amides is 3. The number of hydrogen-bond acceptors (Lipinski definition) is 5. The minimum absolute atomic E-state index is 0.0775. The zero-order valence-electron chi connectivity index (χ0n) is 16.8. The van der Waals surface area contributed by atoms with Crippen LogP contribution < -0.4 is 16.4 Å². The minimum Gasteiger partial charge on any atom is -0.445 e. The van der Waals surface area contributed by atoms with Gasteiger partial charge in [0.2, 0.25) is 11.8 Å². The predicted octanol–water partition coefficient (Wildman–Crippen LogP) is 1.51. The van der Waals surface area contributed by atoms with Crippen molar-refractivity contribution in [2.75, 3.05) is 6.61 Å². The van der Waals surface area contributed by atoms with Gasteiger partial charge in [-0.3, -0.25) is 9.59 Å². The highest BCUT2D eigenvalue weighted by atomic mass is 19.4. The number of benzene rings is 2. The first kappa shape index (κ1) is 24.7. The summed E-state index contributed by atoms with van der Waals surface area (Å²) in [5, 5.41) is 13.8. The second kappa shape index (κ2) is 11.1. The van der Waals surface area contributed by atoms with Crippen molar-refractivity contribution < 1.29 is 37.4 Å². The van der Waals surface area contributed by atoms with Crippen molar-refractivity contribution in [2.24, 2.45) is 5.73 Å². The monoisotopic (exact) mass is 453 g/mol. The van der Waals surface area contributed by atoms with E-state index in [0.717, 1.165) is 12.1 Å². The molecule has 0 radical (unpaired) electrons. The molecule has 2 aromatic carbocycles. The van der Waals surface area contributed by atoms with Crippen molar-refractivity contribution in [2.45, 2.75) is 31.3 Å². The zero-order valence-corrected chi connectivity index (χ0v) is 16.8. The molecule has 0 saturated carbocycles. The number of rotatable bonds is 9. The van der Waals surface area contributed by atoms with Crippen LogP contribution in [-0.4, -0.2) is 41.7 Å². The molecule has 0 saturated heterocycles. The largest absolute Gasteiger partial charge is 0.445 e. The van der Waals surface area contributed by atoms with Crippen LogP contribution in [-0.2, 0) is 33.5 Å². The molecule has 172 valence electrons. The lowest BCUT2D eigenvalue weighted by Gasteiger charge is -2.21. The van der Waals surface area contributed by atoms with E-state index >= 15 is 0 Å². The molecule has 0 bridgehead atoms. The summed E-state index contributed by atoms with van der Waals surface area (Å²) in [6.45, 7) is -0.896. The highest BCUT2D eigenvalue weighted by molar-refractivity contribution is 5.91. The van der Waals surface area contributed by atoms with Gasteiger partial charge in [-0.1, -0.05) is 48.5 Å². The minimum atomic E-state index is -4.58. The van der Waals surface area contributed by atoms with E-state index in [1.54, 1.807) is 30.3 Å². The number of nitrogens with two attached hydrogens (primary N) is 1. The molecule has 0 spiro atoms. The summed E-state index contributed by atoms with van der Waals surface area (Å²) in [6, 6.07) is 10.1. The number of ether oxygens (including phenoxy) is 1. The van der Waals surface area contributed by atoms with Crippen molar-refractivity contribution in [3.05, 3.63) is 71.3 Å². The summed E-state index contributed by atoms with van der Waals surface area (Å²) < 4.78 is 43.6. The van der Waals surface area contributed by atoms with E-state index in [1.807, 2.05) is 0 Å². The van der Waals surface area contributed by atoms with Gasteiger partial charge in [0.05, 0.1) is 12.2 Å². The van der Waals surface area contributed by atoms with Crippen LogP contribution in [0.15, 0.2) is 54.6 Å². The molecular formula is C21H22F3N3O5. The van der Waals surface area contributed by atoms with Crippen LogP contribution in [0.5, 0.6) is 0 Å². The summed E-state index contributed by atoms with van der Waals surface area (Å²) in [5.74, 6) is -1.96. The standard InChI is InChI=1S/C21H22F3N3O5/c22-21(23,24)15-8-4-7-14(9-15)10-16(18(25)29)26-19(30)17(11-28)27-20(31)32-12-13-5-2-1-3-6-13/h1-9,16-17,28H,10-12H2,(H2,25,29)(H,26,30)(H,27,31)/t16-,17-/m0/s1. The van der Waals surface area contributed by atoms with Crippen LogP contribution in [0.1, 0.15) is 16.7 Å². The summed E-state index contributed by atoms with van der Waals surface area (Å²) in [4.78, 5) is 36.0. The van der Waals surface area contributed by atoms with Crippen molar-refractivity contribution >= 4 is 17.9 Å². The lowest BCUT2D eigenvalue weighted by Crippen LogP contribution is -2.54. The van der Waals surface area contributed by atoms with Crippen molar-refractivity contribution in [3.63, 3.8) is 0 Å². The second-order valence-electron chi connectivity index (χ2n) is 6.81. The third kappa shape index (κ3) is 7.58. The maximum Gasteiger partial charge on any atom is 0.416 e. The number of aliphatic hydroxyl groups is 1. The molecule has 0 aliphatic rings. The van der Waals surface area contributed by atoms with E-state index in [0.29, 0.717) is 5.56 Å². The number of carbonyl (C=O) groups excluding carboxylic acids is 3. The molecule has 3 amide bonds. The molecule has 2 aromatic rings. The molecule has 0 aliphatic carbocycles. The number of carbonyl (C=O) groups is 3. The SMILES string of the molecule is NC(=O)[C@H](Cc1cccc(C(F)(F)F)c1)NC(=O)[C@H](CO)NC(=O)OCc1ccccc1. The fraction of sp³-hybridized carbons (Fsp3) is 0.286. The van der Waals surface area contributed by atoms with Gasteiger partial charge in [0.25, 0.3) is 0 Å². The molecule has 2 atom stereocenters. The van der Waals surface area contributed by atoms with Gasteiger partial charge in [-0.05, 0) is 17.2 Å². The van der Waals surface area contributed by atoms with Crippen LogP contribution in [0, 0.1) is 0 Å². The molecule has 0 unspecified atom stereocenters. The highest BCUT2D eigenvalue weighted by Gasteiger charge is 2.31.